The predicted molar refractivity (Wildman–Crippen MR) is 83.8 cm³/mol. The smallest absolute Gasteiger partial charge is 0.225 e. The summed E-state index contributed by atoms with van der Waals surface area (Å²) in [4.78, 5) is 11.2. The first-order chi connectivity index (χ1) is 10.9. The van der Waals surface area contributed by atoms with Gasteiger partial charge >= 0.3 is 0 Å². The third-order valence-electron chi connectivity index (χ3n) is 5.26. The lowest BCUT2D eigenvalue weighted by Crippen LogP contribution is -2.57. The standard InChI is InChI=1S/C17H25N3O2/c1-6-17(13-21-11-14-3-4-14)12-20(9-5-15(17)22-10-1)16-18-7-2-8-19-16/h2,7-8,14-15H,1,3-6,9-13H2/t15-,17-/m0/s1. The topological polar surface area (TPSA) is 47.5 Å². The van der Waals surface area contributed by atoms with E-state index < -0.39 is 0 Å². The Balaban J connectivity index is 1.47. The normalized spacial score (nSPS) is 31.8. The van der Waals surface area contributed by atoms with Gasteiger partial charge in [-0.25, -0.2) is 9.97 Å². The van der Waals surface area contributed by atoms with Gasteiger partial charge in [0.2, 0.25) is 5.95 Å². The Kier molecular flexibility index (Phi) is 4.01. The zero-order valence-electron chi connectivity index (χ0n) is 13.1. The molecule has 0 N–H and O–H groups in total. The molecule has 3 fully saturated rings. The molecule has 0 aromatic carbocycles. The summed E-state index contributed by atoms with van der Waals surface area (Å²) in [7, 11) is 0. The molecular weight excluding hydrogens is 278 g/mol. The van der Waals surface area contributed by atoms with Gasteiger partial charge in [-0.1, -0.05) is 0 Å². The molecule has 1 aliphatic carbocycles. The van der Waals surface area contributed by atoms with E-state index in [-0.39, 0.29) is 5.41 Å². The molecule has 0 amide bonds. The molecule has 1 aromatic heterocycles. The van der Waals surface area contributed by atoms with Gasteiger partial charge in [0, 0.05) is 44.1 Å². The van der Waals surface area contributed by atoms with Crippen LogP contribution in [0.15, 0.2) is 18.5 Å². The lowest BCUT2D eigenvalue weighted by atomic mass is 9.73. The monoisotopic (exact) mass is 303 g/mol. The molecule has 3 aliphatic rings. The molecule has 4 rings (SSSR count). The number of rotatable bonds is 5. The fourth-order valence-electron chi connectivity index (χ4n) is 3.84. The van der Waals surface area contributed by atoms with Crippen LogP contribution in [0.25, 0.3) is 0 Å². The van der Waals surface area contributed by atoms with Crippen molar-refractivity contribution in [1.29, 1.82) is 0 Å². The molecule has 5 heteroatoms. The molecule has 2 saturated heterocycles. The van der Waals surface area contributed by atoms with Crippen LogP contribution < -0.4 is 4.90 Å². The summed E-state index contributed by atoms with van der Waals surface area (Å²) < 4.78 is 12.2. The second kappa shape index (κ2) is 6.13. The molecule has 0 unspecified atom stereocenters. The van der Waals surface area contributed by atoms with Crippen molar-refractivity contribution in [2.24, 2.45) is 11.3 Å². The van der Waals surface area contributed by atoms with Gasteiger partial charge in [0.05, 0.1) is 12.7 Å². The third-order valence-corrected chi connectivity index (χ3v) is 5.26. The molecule has 3 heterocycles. The van der Waals surface area contributed by atoms with Gasteiger partial charge in [0.1, 0.15) is 0 Å². The van der Waals surface area contributed by atoms with Crippen LogP contribution in [0.2, 0.25) is 0 Å². The number of hydrogen-bond donors (Lipinski definition) is 0. The van der Waals surface area contributed by atoms with E-state index in [4.69, 9.17) is 9.47 Å². The van der Waals surface area contributed by atoms with Crippen LogP contribution in [0.3, 0.4) is 0 Å². The highest BCUT2D eigenvalue weighted by Crippen LogP contribution is 2.41. The maximum atomic E-state index is 6.10. The number of fused-ring (bicyclic) bond motifs is 1. The van der Waals surface area contributed by atoms with E-state index in [2.05, 4.69) is 14.9 Å². The van der Waals surface area contributed by atoms with Crippen LogP contribution in [0, 0.1) is 11.3 Å². The summed E-state index contributed by atoms with van der Waals surface area (Å²) in [5.74, 6) is 1.66. The fourth-order valence-corrected chi connectivity index (χ4v) is 3.84. The molecule has 0 radical (unpaired) electrons. The zero-order valence-corrected chi connectivity index (χ0v) is 13.1. The maximum absolute atomic E-state index is 6.10. The van der Waals surface area contributed by atoms with E-state index in [1.165, 1.54) is 19.3 Å². The molecular formula is C17H25N3O2. The van der Waals surface area contributed by atoms with Gasteiger partial charge in [-0.3, -0.25) is 0 Å². The van der Waals surface area contributed by atoms with Crippen LogP contribution >= 0.6 is 0 Å². The lowest BCUT2D eigenvalue weighted by Gasteiger charge is -2.50. The van der Waals surface area contributed by atoms with Gasteiger partial charge in [0.25, 0.3) is 0 Å². The molecule has 22 heavy (non-hydrogen) atoms. The minimum atomic E-state index is 0.116. The molecule has 1 saturated carbocycles. The summed E-state index contributed by atoms with van der Waals surface area (Å²) >= 11 is 0. The molecule has 0 spiro atoms. The van der Waals surface area contributed by atoms with Crippen LogP contribution in [-0.4, -0.2) is 49.0 Å². The van der Waals surface area contributed by atoms with Crippen LogP contribution in [0.5, 0.6) is 0 Å². The largest absolute Gasteiger partial charge is 0.380 e. The third kappa shape index (κ3) is 2.97. The van der Waals surface area contributed by atoms with E-state index in [9.17, 15) is 0 Å². The maximum Gasteiger partial charge on any atom is 0.225 e. The highest BCUT2D eigenvalue weighted by molar-refractivity contribution is 5.31. The number of nitrogens with zero attached hydrogens (tertiary/aromatic N) is 3. The average Bonchev–Trinajstić information content (AvgIpc) is 3.39. The molecule has 120 valence electrons. The SMILES string of the molecule is c1cnc(N2CC[C@@H]3OCCC[C@@]3(COCC3CC3)C2)nc1. The van der Waals surface area contributed by atoms with E-state index in [1.54, 1.807) is 0 Å². The minimum absolute atomic E-state index is 0.116. The van der Waals surface area contributed by atoms with Gasteiger partial charge in [0.15, 0.2) is 0 Å². The number of piperidine rings is 1. The van der Waals surface area contributed by atoms with Crippen molar-refractivity contribution >= 4 is 5.95 Å². The van der Waals surface area contributed by atoms with Crippen molar-refractivity contribution in [2.45, 2.75) is 38.2 Å². The highest BCUT2D eigenvalue weighted by atomic mass is 16.5. The summed E-state index contributed by atoms with van der Waals surface area (Å²) in [5.41, 5.74) is 0.116. The van der Waals surface area contributed by atoms with Crippen molar-refractivity contribution in [2.75, 3.05) is 37.8 Å². The number of aromatic nitrogens is 2. The van der Waals surface area contributed by atoms with Crippen LogP contribution in [0.1, 0.15) is 32.1 Å². The van der Waals surface area contributed by atoms with Gasteiger partial charge in [-0.05, 0) is 44.1 Å². The Morgan fingerprint density at radius 2 is 2.14 bits per heavy atom. The van der Waals surface area contributed by atoms with Crippen molar-refractivity contribution in [3.8, 4) is 0 Å². The summed E-state index contributed by atoms with van der Waals surface area (Å²) in [5, 5.41) is 0. The highest BCUT2D eigenvalue weighted by Gasteiger charge is 2.47. The van der Waals surface area contributed by atoms with Crippen molar-refractivity contribution < 1.29 is 9.47 Å². The van der Waals surface area contributed by atoms with E-state index in [0.717, 1.165) is 57.6 Å². The Morgan fingerprint density at radius 1 is 1.27 bits per heavy atom. The number of hydrogen-bond acceptors (Lipinski definition) is 5. The summed E-state index contributed by atoms with van der Waals surface area (Å²) in [6, 6.07) is 1.87. The van der Waals surface area contributed by atoms with Crippen molar-refractivity contribution in [1.82, 2.24) is 9.97 Å². The van der Waals surface area contributed by atoms with Crippen LogP contribution in [0.4, 0.5) is 5.95 Å². The van der Waals surface area contributed by atoms with Gasteiger partial charge < -0.3 is 14.4 Å². The number of anilines is 1. The molecule has 1 aromatic rings. The summed E-state index contributed by atoms with van der Waals surface area (Å²) in [6.07, 6.45) is 10.0. The first-order valence-electron chi connectivity index (χ1n) is 8.57. The molecule has 5 nitrogen and oxygen atoms in total. The lowest BCUT2D eigenvalue weighted by molar-refractivity contribution is -0.126. The van der Waals surface area contributed by atoms with Crippen molar-refractivity contribution in [3.63, 3.8) is 0 Å². The van der Waals surface area contributed by atoms with E-state index in [0.29, 0.717) is 6.10 Å². The van der Waals surface area contributed by atoms with E-state index in [1.807, 2.05) is 18.5 Å². The Morgan fingerprint density at radius 3 is 2.95 bits per heavy atom. The average molecular weight is 303 g/mol. The molecule has 2 atom stereocenters. The van der Waals surface area contributed by atoms with Gasteiger partial charge in [-0.2, -0.15) is 0 Å². The number of ether oxygens (including phenoxy) is 2. The second-order valence-electron chi connectivity index (χ2n) is 7.04. The Hall–Kier alpha value is -1.20. The Labute approximate surface area is 132 Å². The van der Waals surface area contributed by atoms with Gasteiger partial charge in [-0.15, -0.1) is 0 Å². The zero-order chi connectivity index (χ0) is 14.8. The quantitative estimate of drug-likeness (QED) is 0.835. The first kappa shape index (κ1) is 14.4. The van der Waals surface area contributed by atoms with E-state index >= 15 is 0 Å². The first-order valence-corrected chi connectivity index (χ1v) is 8.57. The fraction of sp³-hybridized carbons (Fsp3) is 0.765. The minimum Gasteiger partial charge on any atom is -0.380 e. The Bertz CT molecular complexity index is 494. The van der Waals surface area contributed by atoms with Crippen molar-refractivity contribution in [3.05, 3.63) is 18.5 Å². The second-order valence-corrected chi connectivity index (χ2v) is 7.04. The van der Waals surface area contributed by atoms with Crippen LogP contribution in [-0.2, 0) is 9.47 Å². The molecule has 2 aliphatic heterocycles. The summed E-state index contributed by atoms with van der Waals surface area (Å²) in [6.45, 7) is 4.57. The predicted octanol–water partition coefficient (Wildman–Crippen LogP) is 2.28. The molecule has 0 bridgehead atoms.